The van der Waals surface area contributed by atoms with E-state index in [-0.39, 0.29) is 12.1 Å². The Labute approximate surface area is 257 Å². The van der Waals surface area contributed by atoms with E-state index in [4.69, 9.17) is 4.74 Å². The summed E-state index contributed by atoms with van der Waals surface area (Å²) in [6.07, 6.45) is 4.90. The Kier molecular flexibility index (Phi) is 10.1. The van der Waals surface area contributed by atoms with Crippen molar-refractivity contribution >= 4 is 27.4 Å². The summed E-state index contributed by atoms with van der Waals surface area (Å²) in [6.45, 7) is 5.48. The number of aromatic amines is 1. The van der Waals surface area contributed by atoms with Gasteiger partial charge in [0, 0.05) is 49.2 Å². The first-order valence-electron chi connectivity index (χ1n) is 14.7. The summed E-state index contributed by atoms with van der Waals surface area (Å²) in [7, 11) is -3.32. The highest BCUT2D eigenvalue weighted by Gasteiger charge is 2.28. The van der Waals surface area contributed by atoms with Gasteiger partial charge in [-0.3, -0.25) is 9.62 Å². The van der Waals surface area contributed by atoms with Crippen LogP contribution in [0.15, 0.2) is 72.8 Å². The number of rotatable bonds is 12. The lowest BCUT2D eigenvalue weighted by Crippen LogP contribution is -2.49. The van der Waals surface area contributed by atoms with Crippen LogP contribution in [0, 0.1) is 0 Å². The van der Waals surface area contributed by atoms with Gasteiger partial charge in [0.2, 0.25) is 15.8 Å². The zero-order valence-corrected chi connectivity index (χ0v) is 25.8. The summed E-state index contributed by atoms with van der Waals surface area (Å²) in [5.74, 6) is 1.81. The maximum atomic E-state index is 13.4. The van der Waals surface area contributed by atoms with Crippen LogP contribution in [0.1, 0.15) is 38.2 Å². The minimum absolute atomic E-state index is 0.0842. The molecule has 0 saturated carbocycles. The first kappa shape index (κ1) is 31.0. The predicted octanol–water partition coefficient (Wildman–Crippen LogP) is 5.33. The molecule has 0 spiro atoms. The summed E-state index contributed by atoms with van der Waals surface area (Å²) < 4.78 is 31.2. The van der Waals surface area contributed by atoms with Gasteiger partial charge in [-0.15, -0.1) is 10.2 Å². The minimum Gasteiger partial charge on any atom is -0.457 e. The Morgan fingerprint density at radius 2 is 1.73 bits per heavy atom. The molecule has 13 heteroatoms. The lowest BCUT2D eigenvalue weighted by atomic mass is 10.0. The summed E-state index contributed by atoms with van der Waals surface area (Å²) in [5.41, 5.74) is 3.15. The lowest BCUT2D eigenvalue weighted by Gasteiger charge is -2.38. The number of sulfonamides is 1. The second-order valence-corrected chi connectivity index (χ2v) is 12.7. The molecule has 1 aromatic heterocycles. The van der Waals surface area contributed by atoms with Crippen molar-refractivity contribution in [1.82, 2.24) is 30.4 Å². The molecular weight excluding hydrogens is 580 g/mol. The maximum Gasteiger partial charge on any atom is 0.322 e. The number of piperidine rings is 1. The van der Waals surface area contributed by atoms with E-state index in [2.05, 4.69) is 54.6 Å². The van der Waals surface area contributed by atoms with Crippen molar-refractivity contribution in [2.24, 2.45) is 0 Å². The van der Waals surface area contributed by atoms with E-state index < -0.39 is 10.0 Å². The third-order valence-electron chi connectivity index (χ3n) is 7.45. The van der Waals surface area contributed by atoms with Crippen LogP contribution in [0.2, 0.25) is 0 Å². The molecule has 0 unspecified atom stereocenters. The number of urea groups is 1. The summed E-state index contributed by atoms with van der Waals surface area (Å²) in [5, 5.41) is 17.2. The summed E-state index contributed by atoms with van der Waals surface area (Å²) in [4.78, 5) is 17.9. The monoisotopic (exact) mass is 618 g/mol. The highest BCUT2D eigenvalue weighted by atomic mass is 32.2. The van der Waals surface area contributed by atoms with Gasteiger partial charge in [0.05, 0.1) is 6.26 Å². The van der Waals surface area contributed by atoms with E-state index in [1.165, 1.54) is 5.56 Å². The Morgan fingerprint density at radius 1 is 1.02 bits per heavy atom. The molecule has 4 aromatic rings. The number of amides is 2. The largest absolute Gasteiger partial charge is 0.457 e. The lowest BCUT2D eigenvalue weighted by molar-refractivity contribution is 0.122. The van der Waals surface area contributed by atoms with Gasteiger partial charge in [-0.2, -0.15) is 5.21 Å². The molecule has 5 rings (SSSR count). The molecule has 2 amide bonds. The number of H-pyrrole nitrogens is 1. The molecule has 0 bridgehead atoms. The molecule has 232 valence electrons. The average Bonchev–Trinajstić information content (AvgIpc) is 3.55. The van der Waals surface area contributed by atoms with Gasteiger partial charge < -0.3 is 15.0 Å². The average molecular weight is 619 g/mol. The molecule has 0 atom stereocenters. The van der Waals surface area contributed by atoms with Crippen LogP contribution in [0.3, 0.4) is 0 Å². The molecule has 0 radical (unpaired) electrons. The van der Waals surface area contributed by atoms with Crippen LogP contribution < -0.4 is 14.8 Å². The highest BCUT2D eigenvalue weighted by Crippen LogP contribution is 2.26. The molecule has 1 fully saturated rings. The second-order valence-electron chi connectivity index (χ2n) is 10.9. The van der Waals surface area contributed by atoms with Crippen molar-refractivity contribution in [2.75, 3.05) is 35.9 Å². The van der Waals surface area contributed by atoms with Crippen LogP contribution in [-0.2, 0) is 16.6 Å². The van der Waals surface area contributed by atoms with E-state index in [1.54, 1.807) is 24.3 Å². The molecule has 1 saturated heterocycles. The number of nitrogens with one attached hydrogen (secondary N) is 3. The number of anilines is 2. The van der Waals surface area contributed by atoms with Crippen LogP contribution in [-0.4, -0.2) is 76.8 Å². The van der Waals surface area contributed by atoms with E-state index in [0.29, 0.717) is 28.7 Å². The highest BCUT2D eigenvalue weighted by molar-refractivity contribution is 7.92. The number of likely N-dealkylation sites (tertiary alicyclic amines) is 1. The molecule has 2 heterocycles. The number of carbonyl (C=O) groups excluding carboxylic acids is 1. The fourth-order valence-electron chi connectivity index (χ4n) is 5.25. The molecule has 3 aromatic carbocycles. The van der Waals surface area contributed by atoms with Crippen LogP contribution >= 0.6 is 0 Å². The molecule has 12 nitrogen and oxygen atoms in total. The predicted molar refractivity (Wildman–Crippen MR) is 170 cm³/mol. The Hall–Kier alpha value is -4.49. The van der Waals surface area contributed by atoms with Gasteiger partial charge in [-0.05, 0) is 78.6 Å². The fraction of sp³-hybridized carbons (Fsp3) is 0.355. The van der Waals surface area contributed by atoms with Crippen molar-refractivity contribution in [3.05, 3.63) is 78.4 Å². The number of nitrogens with zero attached hydrogens (tertiary/aromatic N) is 5. The smallest absolute Gasteiger partial charge is 0.322 e. The number of hydrogen-bond donors (Lipinski definition) is 3. The Balaban J connectivity index is 1.12. The summed E-state index contributed by atoms with van der Waals surface area (Å²) in [6, 6.07) is 22.3. The van der Waals surface area contributed by atoms with Crippen LogP contribution in [0.4, 0.5) is 16.2 Å². The van der Waals surface area contributed by atoms with Gasteiger partial charge in [0.1, 0.15) is 11.5 Å². The molecule has 1 aliphatic heterocycles. The zero-order chi connectivity index (χ0) is 30.9. The van der Waals surface area contributed by atoms with E-state index in [9.17, 15) is 13.2 Å². The molecule has 0 aliphatic carbocycles. The zero-order valence-electron chi connectivity index (χ0n) is 24.9. The Bertz CT molecular complexity index is 1610. The van der Waals surface area contributed by atoms with Crippen LogP contribution in [0.25, 0.3) is 11.4 Å². The van der Waals surface area contributed by atoms with Crippen molar-refractivity contribution < 1.29 is 17.9 Å². The van der Waals surface area contributed by atoms with Gasteiger partial charge in [-0.1, -0.05) is 37.6 Å². The van der Waals surface area contributed by atoms with E-state index in [0.717, 1.165) is 63.7 Å². The Morgan fingerprint density at radius 3 is 2.36 bits per heavy atom. The normalized spacial score (nSPS) is 14.2. The maximum absolute atomic E-state index is 13.4. The number of aromatic nitrogens is 4. The molecule has 44 heavy (non-hydrogen) atoms. The summed E-state index contributed by atoms with van der Waals surface area (Å²) >= 11 is 0. The number of carbonyl (C=O) groups is 1. The topological polar surface area (TPSA) is 145 Å². The van der Waals surface area contributed by atoms with Crippen molar-refractivity contribution in [3.63, 3.8) is 0 Å². The first-order chi connectivity index (χ1) is 21.3. The standard InChI is InChI=1S/C31H38N8O4S/c1-3-4-18-39(31(40)32-26-7-5-6-24(21-26)30-33-36-37-34-30)27-16-19-38(20-17-27)22-23-8-12-28(13-9-23)43-29-14-10-25(11-15-29)35-44(2,41)42/h5-15,21,27,35H,3-4,16-20,22H2,1-2H3,(H,32,40)(H,33,34,36,37). The van der Waals surface area contributed by atoms with Gasteiger partial charge >= 0.3 is 6.03 Å². The van der Waals surface area contributed by atoms with Crippen molar-refractivity contribution in [1.29, 1.82) is 0 Å². The van der Waals surface area contributed by atoms with Crippen molar-refractivity contribution in [3.8, 4) is 22.9 Å². The second kappa shape index (κ2) is 14.3. The number of hydrogen-bond acceptors (Lipinski definition) is 8. The molecule has 3 N–H and O–H groups in total. The van der Waals surface area contributed by atoms with Gasteiger partial charge in [-0.25, -0.2) is 13.2 Å². The third-order valence-corrected chi connectivity index (χ3v) is 8.06. The van der Waals surface area contributed by atoms with Crippen molar-refractivity contribution in [2.45, 2.75) is 45.2 Å². The quantitative estimate of drug-likeness (QED) is 0.193. The van der Waals surface area contributed by atoms with E-state index in [1.807, 2.05) is 41.3 Å². The third kappa shape index (κ3) is 8.77. The number of benzene rings is 3. The minimum atomic E-state index is -3.32. The van der Waals surface area contributed by atoms with E-state index >= 15 is 0 Å². The van der Waals surface area contributed by atoms with Gasteiger partial charge in [0.15, 0.2) is 0 Å². The molecular formula is C31H38N8O4S. The van der Waals surface area contributed by atoms with Gasteiger partial charge in [0.25, 0.3) is 0 Å². The van der Waals surface area contributed by atoms with Crippen LogP contribution in [0.5, 0.6) is 11.5 Å². The number of unbranched alkanes of at least 4 members (excludes halogenated alkanes) is 1. The number of tetrazole rings is 1. The SMILES string of the molecule is CCCCN(C(=O)Nc1cccc(-c2nn[nH]n2)c1)C1CCN(Cc2ccc(Oc3ccc(NS(C)(=O)=O)cc3)cc2)CC1. The molecule has 1 aliphatic rings. The first-order valence-corrected chi connectivity index (χ1v) is 16.6. The number of ether oxygens (including phenoxy) is 1. The fourth-order valence-corrected chi connectivity index (χ4v) is 5.81.